The summed E-state index contributed by atoms with van der Waals surface area (Å²) >= 11 is 0. The summed E-state index contributed by atoms with van der Waals surface area (Å²) in [5.74, 6) is -0.106. The van der Waals surface area contributed by atoms with Crippen molar-refractivity contribution in [1.82, 2.24) is 9.88 Å². The van der Waals surface area contributed by atoms with Crippen LogP contribution < -0.4 is 0 Å². The van der Waals surface area contributed by atoms with Gasteiger partial charge in [-0.15, -0.1) is 0 Å². The molecule has 4 rings (SSSR count). The molecule has 4 heteroatoms. The van der Waals surface area contributed by atoms with Crippen LogP contribution in [0.3, 0.4) is 0 Å². The van der Waals surface area contributed by atoms with Crippen molar-refractivity contribution in [3.63, 3.8) is 0 Å². The van der Waals surface area contributed by atoms with Gasteiger partial charge in [-0.05, 0) is 31.9 Å². The number of nitrogens with one attached hydrogen (secondary N) is 1. The molecular weight excluding hydrogens is 298 g/mol. The number of nitrogens with zero attached hydrogens (tertiary/aromatic N) is 2. The van der Waals surface area contributed by atoms with Gasteiger partial charge in [0.15, 0.2) is 0 Å². The van der Waals surface area contributed by atoms with Crippen molar-refractivity contribution in [3.05, 3.63) is 35.5 Å². The Morgan fingerprint density at radius 2 is 2.25 bits per heavy atom. The Morgan fingerprint density at radius 3 is 3.00 bits per heavy atom. The molecule has 2 unspecified atom stereocenters. The number of para-hydroxylation sites is 1. The molecule has 2 aliphatic rings. The van der Waals surface area contributed by atoms with Gasteiger partial charge in [0, 0.05) is 47.8 Å². The summed E-state index contributed by atoms with van der Waals surface area (Å²) in [7, 11) is 1.79. The topological polar surface area (TPSA) is 52.0 Å². The fraction of sp³-hybridized carbons (Fsp3) is 0.550. The molecule has 1 fully saturated rings. The average Bonchev–Trinajstić information content (AvgIpc) is 2.98. The van der Waals surface area contributed by atoms with Gasteiger partial charge in [-0.1, -0.05) is 25.1 Å². The van der Waals surface area contributed by atoms with Crippen molar-refractivity contribution in [1.29, 1.82) is 5.26 Å². The third kappa shape index (κ3) is 2.19. The number of rotatable bonds is 2. The standard InChI is InChI=1S/C20H25N3O/c1-3-20-9-6-10-23(13-20)12-17(24-2)18-14-7-4-5-8-16(14)22-19(18)15(20)11-21/h4-5,7-8,15,17,22H,3,6,9-10,12-13H2,1-2H3/t15-,17?,20-/m1/s1. The van der Waals surface area contributed by atoms with E-state index < -0.39 is 0 Å². The number of aromatic nitrogens is 1. The van der Waals surface area contributed by atoms with Gasteiger partial charge >= 0.3 is 0 Å². The van der Waals surface area contributed by atoms with Crippen molar-refractivity contribution >= 4 is 10.9 Å². The van der Waals surface area contributed by atoms with Gasteiger partial charge in [0.1, 0.15) is 0 Å². The highest BCUT2D eigenvalue weighted by Crippen LogP contribution is 2.50. The second kappa shape index (κ2) is 5.91. The number of H-pyrrole nitrogens is 1. The van der Waals surface area contributed by atoms with Crippen molar-refractivity contribution in [2.45, 2.75) is 38.2 Å². The molecule has 1 saturated heterocycles. The Bertz CT molecular complexity index is 790. The monoisotopic (exact) mass is 323 g/mol. The molecule has 4 nitrogen and oxygen atoms in total. The Labute approximate surface area is 143 Å². The zero-order valence-electron chi connectivity index (χ0n) is 14.5. The van der Waals surface area contributed by atoms with Crippen LogP contribution in [0.4, 0.5) is 0 Å². The first-order chi connectivity index (χ1) is 11.7. The Hall–Kier alpha value is -1.83. The van der Waals surface area contributed by atoms with Crippen LogP contribution in [0.2, 0.25) is 0 Å². The first kappa shape index (κ1) is 15.7. The first-order valence-corrected chi connectivity index (χ1v) is 8.97. The van der Waals surface area contributed by atoms with Gasteiger partial charge < -0.3 is 9.72 Å². The Balaban J connectivity index is 1.99. The molecule has 1 N–H and O–H groups in total. The van der Waals surface area contributed by atoms with Crippen molar-refractivity contribution in [2.24, 2.45) is 5.41 Å². The molecule has 126 valence electrons. The molecule has 3 heterocycles. The minimum Gasteiger partial charge on any atom is -0.375 e. The molecule has 2 aliphatic heterocycles. The lowest BCUT2D eigenvalue weighted by Crippen LogP contribution is -2.49. The van der Waals surface area contributed by atoms with E-state index in [0.29, 0.717) is 0 Å². The Morgan fingerprint density at radius 1 is 1.42 bits per heavy atom. The number of ether oxygens (including phenoxy) is 1. The number of nitriles is 1. The van der Waals surface area contributed by atoms with Gasteiger partial charge in [0.25, 0.3) is 0 Å². The smallest absolute Gasteiger partial charge is 0.0971 e. The van der Waals surface area contributed by atoms with Crippen molar-refractivity contribution in [3.8, 4) is 6.07 Å². The highest BCUT2D eigenvalue weighted by Gasteiger charge is 2.46. The second-order valence-electron chi connectivity index (χ2n) is 7.34. The summed E-state index contributed by atoms with van der Waals surface area (Å²) in [4.78, 5) is 6.10. The lowest BCUT2D eigenvalue weighted by atomic mass is 9.66. The summed E-state index contributed by atoms with van der Waals surface area (Å²) in [6.07, 6.45) is 3.34. The molecule has 1 aromatic carbocycles. The summed E-state index contributed by atoms with van der Waals surface area (Å²) in [5.41, 5.74) is 3.45. The quantitative estimate of drug-likeness (QED) is 0.910. The lowest BCUT2D eigenvalue weighted by molar-refractivity contribution is 0.00734. The van der Waals surface area contributed by atoms with Crippen LogP contribution in [0.25, 0.3) is 10.9 Å². The van der Waals surface area contributed by atoms with Gasteiger partial charge in [-0.3, -0.25) is 4.90 Å². The van der Waals surface area contributed by atoms with Crippen LogP contribution in [0.15, 0.2) is 24.3 Å². The number of aromatic amines is 1. The maximum absolute atomic E-state index is 10.1. The molecule has 2 aromatic rings. The SMILES string of the molecule is CC[C@]12CCCN(CC(OC)c3c([nH]c4ccccc34)[C@H]1C#N)C2. The molecule has 0 saturated carbocycles. The maximum Gasteiger partial charge on any atom is 0.0971 e. The number of fused-ring (bicyclic) bond motifs is 5. The maximum atomic E-state index is 10.1. The highest BCUT2D eigenvalue weighted by molar-refractivity contribution is 5.85. The van der Waals surface area contributed by atoms with Gasteiger partial charge in [0.2, 0.25) is 0 Å². The van der Waals surface area contributed by atoms with E-state index in [1.54, 1.807) is 7.11 Å². The van der Waals surface area contributed by atoms with Crippen molar-refractivity contribution < 1.29 is 4.74 Å². The van der Waals surface area contributed by atoms with E-state index in [0.717, 1.165) is 50.1 Å². The van der Waals surface area contributed by atoms with Crippen LogP contribution in [0.1, 0.15) is 49.5 Å². The van der Waals surface area contributed by atoms with Gasteiger partial charge in [-0.2, -0.15) is 5.26 Å². The molecule has 0 radical (unpaired) electrons. The normalized spacial score (nSPS) is 32.6. The predicted octanol–water partition coefficient (Wildman–Crippen LogP) is 3.97. The molecule has 24 heavy (non-hydrogen) atoms. The van der Waals surface area contributed by atoms with E-state index in [9.17, 15) is 5.26 Å². The number of hydrogen-bond donors (Lipinski definition) is 1. The van der Waals surface area contributed by atoms with Gasteiger partial charge in [-0.25, -0.2) is 0 Å². The van der Waals surface area contributed by atoms with E-state index in [1.165, 1.54) is 10.9 Å². The molecule has 0 amide bonds. The number of piperidine rings is 1. The van der Waals surface area contributed by atoms with Crippen LogP contribution >= 0.6 is 0 Å². The molecule has 0 spiro atoms. The van der Waals surface area contributed by atoms with E-state index in [-0.39, 0.29) is 17.4 Å². The van der Waals surface area contributed by atoms with Crippen LogP contribution in [0, 0.1) is 16.7 Å². The van der Waals surface area contributed by atoms with Gasteiger partial charge in [0.05, 0.1) is 18.1 Å². The summed E-state index contributed by atoms with van der Waals surface area (Å²) < 4.78 is 5.90. The predicted molar refractivity (Wildman–Crippen MR) is 94.8 cm³/mol. The van der Waals surface area contributed by atoms with E-state index in [1.807, 2.05) is 6.07 Å². The summed E-state index contributed by atoms with van der Waals surface area (Å²) in [6, 6.07) is 11.0. The first-order valence-electron chi connectivity index (χ1n) is 8.97. The highest BCUT2D eigenvalue weighted by atomic mass is 16.5. The Kier molecular flexibility index (Phi) is 3.86. The number of benzene rings is 1. The molecule has 1 aromatic heterocycles. The number of methoxy groups -OCH3 is 1. The fourth-order valence-electron chi connectivity index (χ4n) is 4.93. The lowest BCUT2D eigenvalue weighted by Gasteiger charge is -2.47. The molecule has 2 bridgehead atoms. The minimum atomic E-state index is -0.106. The van der Waals surface area contributed by atoms with E-state index in [2.05, 4.69) is 41.1 Å². The van der Waals surface area contributed by atoms with Crippen LogP contribution in [0.5, 0.6) is 0 Å². The molecule has 4 atom stereocenters. The zero-order valence-corrected chi connectivity index (χ0v) is 14.5. The average molecular weight is 323 g/mol. The van der Waals surface area contributed by atoms with Crippen LogP contribution in [-0.2, 0) is 4.74 Å². The molecular formula is C20H25N3O. The minimum absolute atomic E-state index is 0.0138. The van der Waals surface area contributed by atoms with E-state index >= 15 is 0 Å². The third-order valence-corrected chi connectivity index (χ3v) is 6.23. The zero-order chi connectivity index (χ0) is 16.7. The largest absolute Gasteiger partial charge is 0.375 e. The summed E-state index contributed by atoms with van der Waals surface area (Å²) in [5, 5.41) is 11.3. The second-order valence-corrected chi connectivity index (χ2v) is 7.34. The third-order valence-electron chi connectivity index (χ3n) is 6.23. The van der Waals surface area contributed by atoms with E-state index in [4.69, 9.17) is 4.74 Å². The fourth-order valence-corrected chi connectivity index (χ4v) is 4.93. The van der Waals surface area contributed by atoms with Crippen molar-refractivity contribution in [2.75, 3.05) is 26.7 Å². The van der Waals surface area contributed by atoms with Crippen LogP contribution in [-0.4, -0.2) is 36.6 Å². The summed E-state index contributed by atoms with van der Waals surface area (Å²) in [6.45, 7) is 5.25. The number of hydrogen-bond acceptors (Lipinski definition) is 3. The molecule has 0 aliphatic carbocycles.